The average Bonchev–Trinajstić information content (AvgIpc) is 2.96. The van der Waals surface area contributed by atoms with Gasteiger partial charge in [0.25, 0.3) is 0 Å². The summed E-state index contributed by atoms with van der Waals surface area (Å²) < 4.78 is 17.4. The van der Waals surface area contributed by atoms with Gasteiger partial charge in [-0.2, -0.15) is 0 Å². The molecule has 6 heteroatoms. The molecule has 5 nitrogen and oxygen atoms in total. The molecular weight excluding hydrogens is 338 g/mol. The smallest absolute Gasteiger partial charge is 0.336 e. The van der Waals surface area contributed by atoms with E-state index in [1.165, 1.54) is 6.07 Å². The lowest BCUT2D eigenvalue weighted by atomic mass is 10.1. The Balaban J connectivity index is 2.19. The van der Waals surface area contributed by atoms with Crippen LogP contribution in [0.5, 0.6) is 5.75 Å². The van der Waals surface area contributed by atoms with Gasteiger partial charge in [-0.3, -0.25) is 0 Å². The Hall–Kier alpha value is -2.08. The monoisotopic (exact) mass is 349 g/mol. The van der Waals surface area contributed by atoms with Gasteiger partial charge in [-0.15, -0.1) is 0 Å². The molecule has 0 saturated carbocycles. The van der Waals surface area contributed by atoms with E-state index in [9.17, 15) is 4.79 Å². The van der Waals surface area contributed by atoms with E-state index < -0.39 is 5.63 Å². The predicted octanol–water partition coefficient (Wildman–Crippen LogP) is 3.77. The van der Waals surface area contributed by atoms with Crippen LogP contribution in [0.2, 0.25) is 0 Å². The molecular formula is C15H12BrNO4. The Morgan fingerprint density at radius 3 is 2.86 bits per heavy atom. The minimum absolute atomic E-state index is 0.378. The number of benzene rings is 1. The summed E-state index contributed by atoms with van der Waals surface area (Å²) in [5, 5.41) is 1.63. The highest BCUT2D eigenvalue weighted by Gasteiger charge is 2.18. The Morgan fingerprint density at radius 1 is 1.24 bits per heavy atom. The normalized spacial score (nSPS) is 11.1. The molecule has 3 rings (SSSR count). The standard InChI is InChI=1S/C15H12BrNO4/c1-17-6-2-7-19-15-13-10(5-8-20-13)12(16)9-3-4-11(18)21-14(9)15/h3-5,8H,1-2,6-7H2. The molecule has 0 amide bonds. The quantitative estimate of drug-likeness (QED) is 0.399. The van der Waals surface area contributed by atoms with E-state index in [0.717, 1.165) is 21.7 Å². The van der Waals surface area contributed by atoms with Gasteiger partial charge < -0.3 is 18.6 Å². The van der Waals surface area contributed by atoms with Crippen LogP contribution in [-0.4, -0.2) is 19.9 Å². The number of furan rings is 1. The number of rotatable bonds is 5. The second-order valence-electron chi connectivity index (χ2n) is 4.45. The van der Waals surface area contributed by atoms with Gasteiger partial charge in [0.2, 0.25) is 5.75 Å². The van der Waals surface area contributed by atoms with E-state index >= 15 is 0 Å². The van der Waals surface area contributed by atoms with Crippen molar-refractivity contribution < 1.29 is 13.6 Å². The molecule has 1 aromatic carbocycles. The number of hydrogen-bond donors (Lipinski definition) is 0. The summed E-state index contributed by atoms with van der Waals surface area (Å²) in [4.78, 5) is 15.3. The summed E-state index contributed by atoms with van der Waals surface area (Å²) in [5.74, 6) is 0.440. The van der Waals surface area contributed by atoms with Crippen molar-refractivity contribution in [3.63, 3.8) is 0 Å². The topological polar surface area (TPSA) is 64.9 Å². The average molecular weight is 350 g/mol. The second kappa shape index (κ2) is 5.73. The molecule has 0 bridgehead atoms. The van der Waals surface area contributed by atoms with Crippen LogP contribution in [0.15, 0.2) is 47.6 Å². The van der Waals surface area contributed by atoms with Crippen LogP contribution < -0.4 is 10.4 Å². The predicted molar refractivity (Wildman–Crippen MR) is 84.5 cm³/mol. The van der Waals surface area contributed by atoms with Crippen LogP contribution in [0.4, 0.5) is 0 Å². The lowest BCUT2D eigenvalue weighted by Gasteiger charge is -2.09. The van der Waals surface area contributed by atoms with E-state index in [2.05, 4.69) is 27.6 Å². The Labute approximate surface area is 128 Å². The third-order valence-electron chi connectivity index (χ3n) is 3.09. The van der Waals surface area contributed by atoms with Gasteiger partial charge in [0.15, 0.2) is 11.2 Å². The molecule has 0 unspecified atom stereocenters. The maximum atomic E-state index is 11.5. The van der Waals surface area contributed by atoms with Gasteiger partial charge in [0, 0.05) is 34.3 Å². The lowest BCUT2D eigenvalue weighted by Crippen LogP contribution is -2.02. The van der Waals surface area contributed by atoms with Crippen molar-refractivity contribution in [3.8, 4) is 5.75 Å². The largest absolute Gasteiger partial charge is 0.486 e. The zero-order valence-electron chi connectivity index (χ0n) is 11.1. The van der Waals surface area contributed by atoms with Gasteiger partial charge in [0.1, 0.15) is 0 Å². The summed E-state index contributed by atoms with van der Waals surface area (Å²) in [6.45, 7) is 4.48. The van der Waals surface area contributed by atoms with Crippen LogP contribution >= 0.6 is 15.9 Å². The molecule has 21 heavy (non-hydrogen) atoms. The maximum absolute atomic E-state index is 11.5. The SMILES string of the molecule is C=NCCCOc1c2occc2c(Br)c2ccc(=O)oc12. The van der Waals surface area contributed by atoms with Gasteiger partial charge in [0.05, 0.1) is 12.9 Å². The maximum Gasteiger partial charge on any atom is 0.336 e. The lowest BCUT2D eigenvalue weighted by molar-refractivity contribution is 0.310. The van der Waals surface area contributed by atoms with Crippen LogP contribution in [0.25, 0.3) is 21.9 Å². The fraction of sp³-hybridized carbons (Fsp3) is 0.200. The minimum atomic E-state index is -0.432. The van der Waals surface area contributed by atoms with Crippen molar-refractivity contribution in [3.05, 3.63) is 39.4 Å². The van der Waals surface area contributed by atoms with E-state index in [1.54, 1.807) is 12.3 Å². The van der Waals surface area contributed by atoms with Crippen LogP contribution in [0.1, 0.15) is 6.42 Å². The van der Waals surface area contributed by atoms with Gasteiger partial charge in [-0.05, 0) is 34.8 Å². The summed E-state index contributed by atoms with van der Waals surface area (Å²) in [5.41, 5.74) is 0.497. The van der Waals surface area contributed by atoms with E-state index in [-0.39, 0.29) is 0 Å². The number of fused-ring (bicyclic) bond motifs is 2. The molecule has 0 aliphatic rings. The molecule has 0 saturated heterocycles. The molecule has 0 fully saturated rings. The van der Waals surface area contributed by atoms with Crippen molar-refractivity contribution in [1.82, 2.24) is 0 Å². The molecule has 0 atom stereocenters. The molecule has 0 aliphatic carbocycles. The zero-order valence-corrected chi connectivity index (χ0v) is 12.7. The summed E-state index contributed by atoms with van der Waals surface area (Å²) >= 11 is 3.51. The summed E-state index contributed by atoms with van der Waals surface area (Å²) in [6.07, 6.45) is 2.30. The highest BCUT2D eigenvalue weighted by atomic mass is 79.9. The molecule has 0 N–H and O–H groups in total. The van der Waals surface area contributed by atoms with Crippen molar-refractivity contribution >= 4 is 44.6 Å². The number of halogens is 1. The van der Waals surface area contributed by atoms with E-state index in [4.69, 9.17) is 13.6 Å². The first-order valence-corrected chi connectivity index (χ1v) is 7.19. The van der Waals surface area contributed by atoms with Crippen molar-refractivity contribution in [2.75, 3.05) is 13.2 Å². The zero-order chi connectivity index (χ0) is 14.8. The number of ether oxygens (including phenoxy) is 1. The number of hydrogen-bond acceptors (Lipinski definition) is 5. The number of nitrogens with zero attached hydrogens (tertiary/aromatic N) is 1. The fourth-order valence-electron chi connectivity index (χ4n) is 2.15. The molecule has 3 aromatic rings. The van der Waals surface area contributed by atoms with E-state index in [0.29, 0.717) is 30.1 Å². The molecule has 2 heterocycles. The third-order valence-corrected chi connectivity index (χ3v) is 3.95. The molecule has 0 aliphatic heterocycles. The fourth-order valence-corrected chi connectivity index (χ4v) is 2.77. The third kappa shape index (κ3) is 2.47. The molecule has 0 radical (unpaired) electrons. The molecule has 0 spiro atoms. The van der Waals surface area contributed by atoms with Crippen molar-refractivity contribution in [1.29, 1.82) is 0 Å². The highest BCUT2D eigenvalue weighted by molar-refractivity contribution is 9.10. The molecule has 2 aromatic heterocycles. The Morgan fingerprint density at radius 2 is 2.05 bits per heavy atom. The van der Waals surface area contributed by atoms with Crippen LogP contribution in [0, 0.1) is 0 Å². The summed E-state index contributed by atoms with van der Waals surface area (Å²) in [7, 11) is 0. The highest BCUT2D eigenvalue weighted by Crippen LogP contribution is 2.40. The Kier molecular flexibility index (Phi) is 3.79. The first-order chi connectivity index (χ1) is 10.2. The van der Waals surface area contributed by atoms with E-state index in [1.807, 2.05) is 6.07 Å². The summed E-state index contributed by atoms with van der Waals surface area (Å²) in [6, 6.07) is 4.92. The Bertz CT molecular complexity index is 865. The van der Waals surface area contributed by atoms with Gasteiger partial charge in [-0.25, -0.2) is 4.79 Å². The first kappa shape index (κ1) is 13.9. The van der Waals surface area contributed by atoms with Crippen molar-refractivity contribution in [2.24, 2.45) is 4.99 Å². The minimum Gasteiger partial charge on any atom is -0.486 e. The first-order valence-electron chi connectivity index (χ1n) is 6.40. The molecule has 108 valence electrons. The van der Waals surface area contributed by atoms with Crippen LogP contribution in [0.3, 0.4) is 0 Å². The number of aliphatic imine (C=N–C) groups is 1. The second-order valence-corrected chi connectivity index (χ2v) is 5.25. The van der Waals surface area contributed by atoms with Crippen molar-refractivity contribution in [2.45, 2.75) is 6.42 Å². The van der Waals surface area contributed by atoms with Gasteiger partial charge >= 0.3 is 5.63 Å². The van der Waals surface area contributed by atoms with Crippen LogP contribution in [-0.2, 0) is 0 Å². The van der Waals surface area contributed by atoms with Gasteiger partial charge in [-0.1, -0.05) is 0 Å².